The summed E-state index contributed by atoms with van der Waals surface area (Å²) in [5, 5.41) is 3.98. The van der Waals surface area contributed by atoms with Gasteiger partial charge in [-0.2, -0.15) is 4.37 Å². The second kappa shape index (κ2) is 6.90. The molecular formula is C9H17N3OS2. The Morgan fingerprint density at radius 3 is 2.93 bits per heavy atom. The van der Waals surface area contributed by atoms with Gasteiger partial charge in [-0.3, -0.25) is 4.21 Å². The first kappa shape index (κ1) is 12.6. The second-order valence-electron chi connectivity index (χ2n) is 3.13. The molecule has 6 heteroatoms. The molecule has 1 aromatic heterocycles. The van der Waals surface area contributed by atoms with Gasteiger partial charge in [0.1, 0.15) is 5.82 Å². The highest BCUT2D eigenvalue weighted by Crippen LogP contribution is 2.11. The fraction of sp³-hybridized carbons (Fsp3) is 0.778. The SMILES string of the molecule is CCCc1nsc(NCCS(=O)CC)n1. The van der Waals surface area contributed by atoms with Crippen molar-refractivity contribution in [2.75, 3.05) is 23.4 Å². The highest BCUT2D eigenvalue weighted by atomic mass is 32.2. The van der Waals surface area contributed by atoms with Gasteiger partial charge in [-0.15, -0.1) is 0 Å². The van der Waals surface area contributed by atoms with Crippen LogP contribution in [0.5, 0.6) is 0 Å². The first-order valence-electron chi connectivity index (χ1n) is 5.17. The topological polar surface area (TPSA) is 54.9 Å². The molecule has 1 rings (SSSR count). The summed E-state index contributed by atoms with van der Waals surface area (Å²) in [6, 6.07) is 0. The van der Waals surface area contributed by atoms with Gasteiger partial charge in [-0.25, -0.2) is 4.98 Å². The molecule has 0 spiro atoms. The van der Waals surface area contributed by atoms with Crippen LogP contribution in [0.25, 0.3) is 0 Å². The third-order valence-corrected chi connectivity index (χ3v) is 3.88. The van der Waals surface area contributed by atoms with Crippen molar-refractivity contribution in [1.82, 2.24) is 9.36 Å². The van der Waals surface area contributed by atoms with Gasteiger partial charge >= 0.3 is 0 Å². The van der Waals surface area contributed by atoms with Gasteiger partial charge in [0, 0.05) is 46.8 Å². The molecule has 1 unspecified atom stereocenters. The number of aryl methyl sites for hydroxylation is 1. The fourth-order valence-corrected chi connectivity index (χ4v) is 2.32. The van der Waals surface area contributed by atoms with Crippen molar-refractivity contribution in [2.24, 2.45) is 0 Å². The zero-order valence-corrected chi connectivity index (χ0v) is 10.8. The van der Waals surface area contributed by atoms with Crippen molar-refractivity contribution in [3.05, 3.63) is 5.82 Å². The molecule has 0 saturated heterocycles. The van der Waals surface area contributed by atoms with Crippen molar-refractivity contribution < 1.29 is 4.21 Å². The summed E-state index contributed by atoms with van der Waals surface area (Å²) in [4.78, 5) is 4.32. The normalized spacial score (nSPS) is 12.7. The standard InChI is InChI=1S/C9H17N3OS2/c1-3-5-8-11-9(14-12-8)10-6-7-15(13)4-2/h3-7H2,1-2H3,(H,10,11,12). The molecule has 0 aromatic carbocycles. The fourth-order valence-electron chi connectivity index (χ4n) is 1.07. The van der Waals surface area contributed by atoms with Gasteiger partial charge in [0.15, 0.2) is 0 Å². The zero-order chi connectivity index (χ0) is 11.1. The largest absolute Gasteiger partial charge is 0.359 e. The van der Waals surface area contributed by atoms with Crippen LogP contribution in [0.15, 0.2) is 0 Å². The molecule has 0 saturated carbocycles. The van der Waals surface area contributed by atoms with Gasteiger partial charge in [0.05, 0.1) is 0 Å². The summed E-state index contributed by atoms with van der Waals surface area (Å²) < 4.78 is 15.4. The van der Waals surface area contributed by atoms with E-state index in [4.69, 9.17) is 0 Å². The van der Waals surface area contributed by atoms with Gasteiger partial charge in [0.25, 0.3) is 0 Å². The van der Waals surface area contributed by atoms with Gasteiger partial charge < -0.3 is 5.32 Å². The van der Waals surface area contributed by atoms with E-state index in [-0.39, 0.29) is 0 Å². The molecule has 1 aromatic rings. The number of anilines is 1. The predicted molar refractivity (Wildman–Crippen MR) is 65.9 cm³/mol. The van der Waals surface area contributed by atoms with E-state index < -0.39 is 10.8 Å². The molecule has 15 heavy (non-hydrogen) atoms. The molecule has 0 fully saturated rings. The quantitative estimate of drug-likeness (QED) is 0.796. The van der Waals surface area contributed by atoms with Crippen LogP contribution in [0, 0.1) is 0 Å². The third kappa shape index (κ3) is 4.70. The van der Waals surface area contributed by atoms with E-state index in [9.17, 15) is 4.21 Å². The highest BCUT2D eigenvalue weighted by Gasteiger charge is 2.02. The molecule has 0 aliphatic heterocycles. The number of aromatic nitrogens is 2. The van der Waals surface area contributed by atoms with Crippen molar-refractivity contribution in [3.8, 4) is 0 Å². The first-order chi connectivity index (χ1) is 7.26. The van der Waals surface area contributed by atoms with E-state index in [2.05, 4.69) is 21.6 Å². The lowest BCUT2D eigenvalue weighted by molar-refractivity contribution is 0.684. The lowest BCUT2D eigenvalue weighted by Gasteiger charge is -1.99. The van der Waals surface area contributed by atoms with E-state index in [0.717, 1.165) is 29.6 Å². The summed E-state index contributed by atoms with van der Waals surface area (Å²) in [5.74, 6) is 2.31. The van der Waals surface area contributed by atoms with E-state index in [0.29, 0.717) is 12.3 Å². The molecule has 86 valence electrons. The molecule has 0 bridgehead atoms. The lowest BCUT2D eigenvalue weighted by atomic mass is 10.3. The Morgan fingerprint density at radius 2 is 2.27 bits per heavy atom. The monoisotopic (exact) mass is 247 g/mol. The Labute approximate surface area is 97.1 Å². The van der Waals surface area contributed by atoms with E-state index in [1.165, 1.54) is 11.5 Å². The van der Waals surface area contributed by atoms with Crippen molar-refractivity contribution >= 4 is 27.5 Å². The zero-order valence-electron chi connectivity index (χ0n) is 9.15. The molecule has 1 atom stereocenters. The Bertz CT molecular complexity index is 314. The van der Waals surface area contributed by atoms with Crippen LogP contribution < -0.4 is 5.32 Å². The molecule has 4 nitrogen and oxygen atoms in total. The molecule has 1 N–H and O–H groups in total. The van der Waals surface area contributed by atoms with E-state index in [1.807, 2.05) is 6.92 Å². The van der Waals surface area contributed by atoms with Crippen LogP contribution in [-0.4, -0.2) is 31.6 Å². The summed E-state index contributed by atoms with van der Waals surface area (Å²) >= 11 is 1.38. The van der Waals surface area contributed by atoms with Crippen LogP contribution in [-0.2, 0) is 17.2 Å². The van der Waals surface area contributed by atoms with Gasteiger partial charge in [-0.05, 0) is 6.42 Å². The minimum atomic E-state index is -0.703. The summed E-state index contributed by atoms with van der Waals surface area (Å²) in [6.07, 6.45) is 2.00. The van der Waals surface area contributed by atoms with Crippen LogP contribution in [0.4, 0.5) is 5.13 Å². The number of nitrogens with one attached hydrogen (secondary N) is 1. The summed E-state index contributed by atoms with van der Waals surface area (Å²) in [5.41, 5.74) is 0. The average Bonchev–Trinajstić information content (AvgIpc) is 2.66. The Balaban J connectivity index is 2.28. The van der Waals surface area contributed by atoms with Crippen LogP contribution in [0.1, 0.15) is 26.1 Å². The Morgan fingerprint density at radius 1 is 1.47 bits per heavy atom. The van der Waals surface area contributed by atoms with E-state index >= 15 is 0 Å². The maximum atomic E-state index is 11.1. The maximum Gasteiger partial charge on any atom is 0.202 e. The van der Waals surface area contributed by atoms with Gasteiger partial charge in [-0.1, -0.05) is 13.8 Å². The number of nitrogens with zero attached hydrogens (tertiary/aromatic N) is 2. The minimum Gasteiger partial charge on any atom is -0.359 e. The highest BCUT2D eigenvalue weighted by molar-refractivity contribution is 7.84. The number of hydrogen-bond acceptors (Lipinski definition) is 5. The predicted octanol–water partition coefficient (Wildman–Crippen LogP) is 1.67. The van der Waals surface area contributed by atoms with Crippen LogP contribution >= 0.6 is 11.5 Å². The Kier molecular flexibility index (Phi) is 5.78. The number of hydrogen-bond donors (Lipinski definition) is 1. The molecule has 0 aliphatic carbocycles. The number of rotatable bonds is 7. The van der Waals surface area contributed by atoms with E-state index in [1.54, 1.807) is 0 Å². The van der Waals surface area contributed by atoms with Crippen molar-refractivity contribution in [1.29, 1.82) is 0 Å². The summed E-state index contributed by atoms with van der Waals surface area (Å²) in [7, 11) is -0.703. The maximum absolute atomic E-state index is 11.1. The molecule has 1 heterocycles. The second-order valence-corrected chi connectivity index (χ2v) is 5.74. The van der Waals surface area contributed by atoms with Crippen molar-refractivity contribution in [3.63, 3.8) is 0 Å². The molecule has 0 amide bonds. The molecule has 0 aliphatic rings. The minimum absolute atomic E-state index is 0.680. The smallest absolute Gasteiger partial charge is 0.202 e. The first-order valence-corrected chi connectivity index (χ1v) is 7.43. The third-order valence-electron chi connectivity index (χ3n) is 1.87. The molecule has 0 radical (unpaired) electrons. The van der Waals surface area contributed by atoms with Crippen LogP contribution in [0.2, 0.25) is 0 Å². The van der Waals surface area contributed by atoms with Crippen LogP contribution in [0.3, 0.4) is 0 Å². The lowest BCUT2D eigenvalue weighted by Crippen LogP contribution is -2.11. The Hall–Kier alpha value is -0.490. The van der Waals surface area contributed by atoms with Gasteiger partial charge in [0.2, 0.25) is 5.13 Å². The molecular weight excluding hydrogens is 230 g/mol. The van der Waals surface area contributed by atoms with Crippen molar-refractivity contribution in [2.45, 2.75) is 26.7 Å². The average molecular weight is 247 g/mol. The summed E-state index contributed by atoms with van der Waals surface area (Å²) in [6.45, 7) is 4.75.